The van der Waals surface area contributed by atoms with Crippen LogP contribution in [0.4, 0.5) is 0 Å². The number of nitrogens with zero attached hydrogens (tertiary/aromatic N) is 5. The van der Waals surface area contributed by atoms with E-state index in [1.807, 2.05) is 26.0 Å². The van der Waals surface area contributed by atoms with Crippen LogP contribution in [0.1, 0.15) is 29.9 Å². The number of hydrogen-bond donors (Lipinski definition) is 1. The van der Waals surface area contributed by atoms with Crippen molar-refractivity contribution in [1.29, 1.82) is 0 Å². The molecule has 3 aromatic heterocycles. The van der Waals surface area contributed by atoms with Gasteiger partial charge >= 0.3 is 0 Å². The summed E-state index contributed by atoms with van der Waals surface area (Å²) in [4.78, 5) is 16.6. The molecule has 0 radical (unpaired) electrons. The Balaban J connectivity index is 1.97. The minimum atomic E-state index is -0.170. The maximum absolute atomic E-state index is 12.1. The van der Waals surface area contributed by atoms with E-state index in [1.54, 1.807) is 17.1 Å². The number of fused-ring (bicyclic) bond motifs is 1. The standard InChI is InChI=1S/C14H16N6O/c1-9-3-4-13-16-11(5-14(21)20(13)6-9)7-19-8-12(10(2)15)17-18-19/h3-6,8,10H,7,15H2,1-2H3. The maximum atomic E-state index is 12.1. The first-order valence-electron chi connectivity index (χ1n) is 6.67. The number of aromatic nitrogens is 5. The van der Waals surface area contributed by atoms with Crippen molar-refractivity contribution in [2.24, 2.45) is 5.73 Å². The molecule has 3 heterocycles. The van der Waals surface area contributed by atoms with Gasteiger partial charge in [0.2, 0.25) is 0 Å². The fourth-order valence-corrected chi connectivity index (χ4v) is 2.10. The lowest BCUT2D eigenvalue weighted by Crippen LogP contribution is -2.17. The molecular weight excluding hydrogens is 268 g/mol. The van der Waals surface area contributed by atoms with Gasteiger partial charge in [0.25, 0.3) is 5.56 Å². The summed E-state index contributed by atoms with van der Waals surface area (Å²) in [6, 6.07) is 5.10. The summed E-state index contributed by atoms with van der Waals surface area (Å²) in [6.07, 6.45) is 3.54. The third-order valence-corrected chi connectivity index (χ3v) is 3.21. The second-order valence-electron chi connectivity index (χ2n) is 5.15. The summed E-state index contributed by atoms with van der Waals surface area (Å²) < 4.78 is 3.17. The molecule has 0 aromatic carbocycles. The van der Waals surface area contributed by atoms with E-state index in [9.17, 15) is 4.79 Å². The molecule has 0 aliphatic carbocycles. The molecular formula is C14H16N6O. The predicted molar refractivity (Wildman–Crippen MR) is 77.9 cm³/mol. The van der Waals surface area contributed by atoms with Crippen molar-refractivity contribution in [3.05, 3.63) is 57.9 Å². The number of hydrogen-bond acceptors (Lipinski definition) is 5. The van der Waals surface area contributed by atoms with E-state index in [2.05, 4.69) is 15.3 Å². The van der Waals surface area contributed by atoms with Crippen LogP contribution in [0.5, 0.6) is 0 Å². The lowest BCUT2D eigenvalue weighted by Gasteiger charge is -2.04. The molecule has 3 rings (SSSR count). The fourth-order valence-electron chi connectivity index (χ4n) is 2.10. The zero-order valence-electron chi connectivity index (χ0n) is 11.9. The Morgan fingerprint density at radius 3 is 2.86 bits per heavy atom. The number of pyridine rings is 1. The third-order valence-electron chi connectivity index (χ3n) is 3.21. The highest BCUT2D eigenvalue weighted by molar-refractivity contribution is 5.39. The van der Waals surface area contributed by atoms with Crippen LogP contribution in [-0.2, 0) is 6.54 Å². The molecule has 0 bridgehead atoms. The molecule has 108 valence electrons. The summed E-state index contributed by atoms with van der Waals surface area (Å²) in [5, 5.41) is 7.98. The summed E-state index contributed by atoms with van der Waals surface area (Å²) in [7, 11) is 0. The van der Waals surface area contributed by atoms with E-state index in [-0.39, 0.29) is 11.6 Å². The van der Waals surface area contributed by atoms with Crippen molar-refractivity contribution in [2.75, 3.05) is 0 Å². The molecule has 3 aromatic rings. The third kappa shape index (κ3) is 2.68. The predicted octanol–water partition coefficient (Wildman–Crippen LogP) is 0.662. The van der Waals surface area contributed by atoms with Crippen LogP contribution in [0.2, 0.25) is 0 Å². The summed E-state index contributed by atoms with van der Waals surface area (Å²) in [6.45, 7) is 4.17. The van der Waals surface area contributed by atoms with Gasteiger partial charge in [0, 0.05) is 18.3 Å². The summed E-state index contributed by atoms with van der Waals surface area (Å²) in [5.74, 6) is 0. The minimum Gasteiger partial charge on any atom is -0.323 e. The lowest BCUT2D eigenvalue weighted by atomic mass is 10.3. The molecule has 1 unspecified atom stereocenters. The molecule has 0 saturated heterocycles. The van der Waals surface area contributed by atoms with E-state index >= 15 is 0 Å². The van der Waals surface area contributed by atoms with E-state index in [0.717, 1.165) is 5.56 Å². The number of aryl methyl sites for hydroxylation is 1. The Hall–Kier alpha value is -2.54. The van der Waals surface area contributed by atoms with Gasteiger partial charge in [-0.15, -0.1) is 5.10 Å². The van der Waals surface area contributed by atoms with Crippen molar-refractivity contribution >= 4 is 5.65 Å². The van der Waals surface area contributed by atoms with Crippen molar-refractivity contribution in [3.8, 4) is 0 Å². The molecule has 0 aliphatic rings. The van der Waals surface area contributed by atoms with Gasteiger partial charge in [0.15, 0.2) is 0 Å². The first-order valence-corrected chi connectivity index (χ1v) is 6.67. The Morgan fingerprint density at radius 2 is 2.14 bits per heavy atom. The fraction of sp³-hybridized carbons (Fsp3) is 0.286. The highest BCUT2D eigenvalue weighted by Crippen LogP contribution is 2.06. The quantitative estimate of drug-likeness (QED) is 0.763. The zero-order chi connectivity index (χ0) is 15.0. The van der Waals surface area contributed by atoms with Gasteiger partial charge < -0.3 is 5.73 Å². The monoisotopic (exact) mass is 284 g/mol. The molecule has 7 nitrogen and oxygen atoms in total. The van der Waals surface area contributed by atoms with Gasteiger partial charge in [0.1, 0.15) is 5.65 Å². The molecule has 0 fully saturated rings. The first-order chi connectivity index (χ1) is 10.0. The van der Waals surface area contributed by atoms with Crippen LogP contribution in [0.15, 0.2) is 35.4 Å². The van der Waals surface area contributed by atoms with Crippen LogP contribution >= 0.6 is 0 Å². The van der Waals surface area contributed by atoms with Gasteiger partial charge in [-0.05, 0) is 25.5 Å². The van der Waals surface area contributed by atoms with Crippen molar-refractivity contribution in [2.45, 2.75) is 26.4 Å². The first kappa shape index (κ1) is 13.4. The van der Waals surface area contributed by atoms with Gasteiger partial charge in [-0.3, -0.25) is 9.20 Å². The molecule has 1 atom stereocenters. The highest BCUT2D eigenvalue weighted by Gasteiger charge is 2.08. The van der Waals surface area contributed by atoms with Crippen LogP contribution < -0.4 is 11.3 Å². The molecule has 0 amide bonds. The smallest absolute Gasteiger partial charge is 0.258 e. The van der Waals surface area contributed by atoms with Gasteiger partial charge in [-0.1, -0.05) is 11.3 Å². The summed E-state index contributed by atoms with van der Waals surface area (Å²) in [5.41, 5.74) is 8.63. The number of rotatable bonds is 3. The molecule has 0 saturated carbocycles. The maximum Gasteiger partial charge on any atom is 0.258 e. The van der Waals surface area contributed by atoms with Crippen molar-refractivity contribution < 1.29 is 0 Å². The lowest BCUT2D eigenvalue weighted by molar-refractivity contribution is 0.636. The van der Waals surface area contributed by atoms with Crippen LogP contribution in [0.25, 0.3) is 5.65 Å². The largest absolute Gasteiger partial charge is 0.323 e. The van der Waals surface area contributed by atoms with E-state index in [0.29, 0.717) is 23.6 Å². The molecule has 0 spiro atoms. The number of nitrogens with two attached hydrogens (primary N) is 1. The average Bonchev–Trinajstić information content (AvgIpc) is 2.88. The van der Waals surface area contributed by atoms with Crippen LogP contribution in [-0.4, -0.2) is 24.4 Å². The Bertz CT molecular complexity index is 848. The average molecular weight is 284 g/mol. The van der Waals surface area contributed by atoms with Crippen molar-refractivity contribution in [1.82, 2.24) is 24.4 Å². The van der Waals surface area contributed by atoms with E-state index in [1.165, 1.54) is 10.5 Å². The van der Waals surface area contributed by atoms with E-state index in [4.69, 9.17) is 5.73 Å². The van der Waals surface area contributed by atoms with Crippen molar-refractivity contribution in [3.63, 3.8) is 0 Å². The molecule has 2 N–H and O–H groups in total. The Kier molecular flexibility index (Phi) is 3.26. The zero-order valence-corrected chi connectivity index (χ0v) is 11.9. The molecule has 21 heavy (non-hydrogen) atoms. The second-order valence-corrected chi connectivity index (χ2v) is 5.15. The molecule has 7 heteroatoms. The highest BCUT2D eigenvalue weighted by atomic mass is 16.1. The van der Waals surface area contributed by atoms with Crippen LogP contribution in [0, 0.1) is 6.92 Å². The second kappa shape index (κ2) is 5.10. The Morgan fingerprint density at radius 1 is 1.33 bits per heavy atom. The van der Waals surface area contributed by atoms with Gasteiger partial charge in [-0.25, -0.2) is 9.67 Å². The topological polar surface area (TPSA) is 91.1 Å². The minimum absolute atomic E-state index is 0.105. The SMILES string of the molecule is Cc1ccc2nc(Cn3cc(C(C)N)nn3)cc(=O)n2c1. The van der Waals surface area contributed by atoms with Crippen LogP contribution in [0.3, 0.4) is 0 Å². The summed E-state index contributed by atoms with van der Waals surface area (Å²) >= 11 is 0. The van der Waals surface area contributed by atoms with E-state index < -0.39 is 0 Å². The van der Waals surface area contributed by atoms with Gasteiger partial charge in [0.05, 0.1) is 24.1 Å². The molecule has 0 aliphatic heterocycles. The Labute approximate surface area is 121 Å². The van der Waals surface area contributed by atoms with Gasteiger partial charge in [-0.2, -0.15) is 0 Å². The normalized spacial score (nSPS) is 12.7.